The third-order valence-corrected chi connectivity index (χ3v) is 5.36. The molecule has 1 atom stereocenters. The first-order chi connectivity index (χ1) is 14.1. The van der Waals surface area contributed by atoms with Crippen molar-refractivity contribution in [2.75, 3.05) is 18.0 Å². The van der Waals surface area contributed by atoms with Crippen LogP contribution in [0.15, 0.2) is 30.3 Å². The molecule has 1 fully saturated rings. The Labute approximate surface area is 170 Å². The predicted octanol–water partition coefficient (Wildman–Crippen LogP) is 2.01. The summed E-state index contributed by atoms with van der Waals surface area (Å²) in [6.45, 7) is 6.51. The van der Waals surface area contributed by atoms with Crippen molar-refractivity contribution in [1.82, 2.24) is 25.1 Å². The largest absolute Gasteiger partial charge is 0.344 e. The van der Waals surface area contributed by atoms with Crippen LogP contribution in [0.25, 0.3) is 10.8 Å². The van der Waals surface area contributed by atoms with Crippen molar-refractivity contribution >= 4 is 22.6 Å². The minimum absolute atomic E-state index is 0.128. The summed E-state index contributed by atoms with van der Waals surface area (Å²) in [7, 11) is 0. The lowest BCUT2D eigenvalue weighted by atomic mass is 10.1. The summed E-state index contributed by atoms with van der Waals surface area (Å²) in [4.78, 5) is 19.6. The maximum atomic E-state index is 12.9. The number of nitrogens with one attached hydrogen (secondary N) is 1. The maximum absolute atomic E-state index is 12.9. The lowest BCUT2D eigenvalue weighted by Crippen LogP contribution is -2.44. The minimum Gasteiger partial charge on any atom is -0.344 e. The number of fused-ring (bicyclic) bond motifs is 1. The number of aromatic nitrogens is 4. The van der Waals surface area contributed by atoms with Crippen molar-refractivity contribution in [2.24, 2.45) is 5.73 Å². The van der Waals surface area contributed by atoms with Crippen LogP contribution in [0.1, 0.15) is 41.8 Å². The lowest BCUT2D eigenvalue weighted by molar-refractivity contribution is 0.0935. The molecule has 0 saturated carbocycles. The number of hydrogen-bond donors (Lipinski definition) is 2. The van der Waals surface area contributed by atoms with Crippen LogP contribution < -0.4 is 16.0 Å². The Morgan fingerprint density at radius 3 is 2.93 bits per heavy atom. The summed E-state index contributed by atoms with van der Waals surface area (Å²) in [5.41, 5.74) is 7.88. The fourth-order valence-corrected chi connectivity index (χ4v) is 3.97. The normalized spacial score (nSPS) is 16.9. The number of piperidine rings is 1. The molecule has 0 spiro atoms. The minimum atomic E-state index is -0.251. The van der Waals surface area contributed by atoms with Gasteiger partial charge in [-0.15, -0.1) is 10.2 Å². The standard InChI is InChI=1S/C21H27N7O/c1-3-28-19(25-26-21(28)27-10-6-8-16(22)13-27)20(29)23-12-18-17-9-5-4-7-15(17)11-14(2)24-18/h4-5,7,9,11,16H,3,6,8,10,12-13,22H2,1-2H3,(H,23,29). The highest BCUT2D eigenvalue weighted by molar-refractivity contribution is 5.91. The first-order valence-corrected chi connectivity index (χ1v) is 10.1. The quantitative estimate of drug-likeness (QED) is 0.688. The Hall–Kier alpha value is -3.00. The second kappa shape index (κ2) is 8.16. The summed E-state index contributed by atoms with van der Waals surface area (Å²) in [5.74, 6) is 0.782. The fraction of sp³-hybridized carbons (Fsp3) is 0.429. The zero-order valence-electron chi connectivity index (χ0n) is 16.9. The van der Waals surface area contributed by atoms with Crippen LogP contribution in [0.5, 0.6) is 0 Å². The topological polar surface area (TPSA) is 102 Å². The van der Waals surface area contributed by atoms with E-state index in [0.29, 0.717) is 24.9 Å². The van der Waals surface area contributed by atoms with Crippen LogP contribution in [0.4, 0.5) is 5.95 Å². The van der Waals surface area contributed by atoms with Gasteiger partial charge in [0.05, 0.1) is 12.2 Å². The molecule has 8 heteroatoms. The number of aryl methyl sites for hydroxylation is 1. The number of benzene rings is 1. The van der Waals surface area contributed by atoms with Gasteiger partial charge in [0.25, 0.3) is 5.91 Å². The highest BCUT2D eigenvalue weighted by Crippen LogP contribution is 2.20. The van der Waals surface area contributed by atoms with E-state index in [2.05, 4.69) is 31.5 Å². The molecule has 0 bridgehead atoms. The van der Waals surface area contributed by atoms with E-state index in [1.807, 2.05) is 42.7 Å². The molecule has 4 rings (SSSR count). The number of nitrogens with two attached hydrogens (primary N) is 1. The molecule has 152 valence electrons. The second-order valence-electron chi connectivity index (χ2n) is 7.53. The van der Waals surface area contributed by atoms with Gasteiger partial charge >= 0.3 is 0 Å². The zero-order chi connectivity index (χ0) is 20.4. The van der Waals surface area contributed by atoms with Crippen LogP contribution in [0, 0.1) is 6.92 Å². The van der Waals surface area contributed by atoms with Crippen LogP contribution in [-0.2, 0) is 13.1 Å². The van der Waals surface area contributed by atoms with E-state index >= 15 is 0 Å². The third-order valence-electron chi connectivity index (χ3n) is 5.36. The van der Waals surface area contributed by atoms with Gasteiger partial charge in [-0.1, -0.05) is 24.3 Å². The van der Waals surface area contributed by atoms with Gasteiger partial charge in [-0.05, 0) is 38.1 Å². The van der Waals surface area contributed by atoms with Crippen LogP contribution in [0.2, 0.25) is 0 Å². The summed E-state index contributed by atoms with van der Waals surface area (Å²) < 4.78 is 1.86. The number of carbonyl (C=O) groups excluding carboxylic acids is 1. The Bertz CT molecular complexity index is 1030. The van der Waals surface area contributed by atoms with E-state index in [1.54, 1.807) is 0 Å². The number of anilines is 1. The molecule has 1 aliphatic heterocycles. The highest BCUT2D eigenvalue weighted by atomic mass is 16.2. The smallest absolute Gasteiger partial charge is 0.289 e. The molecule has 1 aromatic carbocycles. The summed E-state index contributed by atoms with van der Waals surface area (Å²) >= 11 is 0. The van der Waals surface area contributed by atoms with Crippen molar-refractivity contribution in [1.29, 1.82) is 0 Å². The van der Waals surface area contributed by atoms with Crippen LogP contribution in [0.3, 0.4) is 0 Å². The SMILES string of the molecule is CCn1c(C(=O)NCc2nc(C)cc3ccccc23)nnc1N1CCCC(N)C1. The Balaban J connectivity index is 1.54. The lowest BCUT2D eigenvalue weighted by Gasteiger charge is -2.31. The van der Waals surface area contributed by atoms with Crippen molar-refractivity contribution < 1.29 is 4.79 Å². The van der Waals surface area contributed by atoms with E-state index < -0.39 is 0 Å². The van der Waals surface area contributed by atoms with Gasteiger partial charge in [-0.2, -0.15) is 0 Å². The van der Waals surface area contributed by atoms with E-state index in [-0.39, 0.29) is 11.9 Å². The van der Waals surface area contributed by atoms with Gasteiger partial charge in [0, 0.05) is 36.8 Å². The maximum Gasteiger partial charge on any atom is 0.289 e. The molecule has 1 unspecified atom stereocenters. The average molecular weight is 393 g/mol. The van der Waals surface area contributed by atoms with Gasteiger partial charge in [0.1, 0.15) is 0 Å². The van der Waals surface area contributed by atoms with Gasteiger partial charge in [-0.3, -0.25) is 14.3 Å². The van der Waals surface area contributed by atoms with Gasteiger partial charge in [0.2, 0.25) is 11.8 Å². The van der Waals surface area contributed by atoms with E-state index in [0.717, 1.165) is 48.1 Å². The molecule has 3 N–H and O–H groups in total. The number of pyridine rings is 1. The molecule has 0 radical (unpaired) electrons. The first-order valence-electron chi connectivity index (χ1n) is 10.1. The van der Waals surface area contributed by atoms with Gasteiger partial charge in [-0.25, -0.2) is 0 Å². The average Bonchev–Trinajstić information content (AvgIpc) is 3.16. The van der Waals surface area contributed by atoms with Crippen molar-refractivity contribution in [3.05, 3.63) is 47.5 Å². The number of hydrogen-bond acceptors (Lipinski definition) is 6. The van der Waals surface area contributed by atoms with Gasteiger partial charge in [0.15, 0.2) is 0 Å². The molecule has 3 aromatic rings. The highest BCUT2D eigenvalue weighted by Gasteiger charge is 2.25. The zero-order valence-corrected chi connectivity index (χ0v) is 16.9. The molecule has 1 amide bonds. The molecule has 3 heterocycles. The second-order valence-corrected chi connectivity index (χ2v) is 7.53. The molecule has 1 aliphatic rings. The van der Waals surface area contributed by atoms with Crippen molar-refractivity contribution in [3.63, 3.8) is 0 Å². The van der Waals surface area contributed by atoms with Gasteiger partial charge < -0.3 is 16.0 Å². The van der Waals surface area contributed by atoms with Crippen molar-refractivity contribution in [2.45, 2.75) is 45.8 Å². The fourth-order valence-electron chi connectivity index (χ4n) is 3.97. The monoisotopic (exact) mass is 393 g/mol. The molecule has 8 nitrogen and oxygen atoms in total. The summed E-state index contributed by atoms with van der Waals surface area (Å²) in [5, 5.41) is 13.6. The van der Waals surface area contributed by atoms with E-state index in [1.165, 1.54) is 0 Å². The molecule has 0 aliphatic carbocycles. The molecular formula is C21H27N7O. The van der Waals surface area contributed by atoms with Crippen LogP contribution >= 0.6 is 0 Å². The van der Waals surface area contributed by atoms with E-state index in [4.69, 9.17) is 5.73 Å². The Kier molecular flexibility index (Phi) is 5.44. The molecular weight excluding hydrogens is 366 g/mol. The Morgan fingerprint density at radius 2 is 2.14 bits per heavy atom. The molecule has 2 aromatic heterocycles. The van der Waals surface area contributed by atoms with Crippen LogP contribution in [-0.4, -0.2) is 44.8 Å². The number of carbonyl (C=O) groups is 1. The van der Waals surface area contributed by atoms with E-state index in [9.17, 15) is 4.79 Å². The number of amides is 1. The Morgan fingerprint density at radius 1 is 1.31 bits per heavy atom. The number of nitrogens with zero attached hydrogens (tertiary/aromatic N) is 5. The summed E-state index contributed by atoms with van der Waals surface area (Å²) in [6.07, 6.45) is 2.03. The first kappa shape index (κ1) is 19.3. The number of rotatable bonds is 5. The van der Waals surface area contributed by atoms with Crippen molar-refractivity contribution in [3.8, 4) is 0 Å². The molecule has 29 heavy (non-hydrogen) atoms. The summed E-state index contributed by atoms with van der Waals surface area (Å²) in [6, 6.07) is 10.2. The predicted molar refractivity (Wildman–Crippen MR) is 113 cm³/mol. The molecule has 1 saturated heterocycles. The third kappa shape index (κ3) is 3.93.